The van der Waals surface area contributed by atoms with Gasteiger partial charge in [-0.1, -0.05) is 19.8 Å². The molecule has 1 fully saturated rings. The Morgan fingerprint density at radius 2 is 2.00 bits per heavy atom. The molecule has 5 heteroatoms. The van der Waals surface area contributed by atoms with Gasteiger partial charge in [0.15, 0.2) is 0 Å². The Kier molecular flexibility index (Phi) is 8.18. The van der Waals surface area contributed by atoms with Crippen LogP contribution in [-0.4, -0.2) is 48.8 Å². The number of carbonyl (C=O) groups excluding carboxylic acids is 1. The van der Waals surface area contributed by atoms with E-state index in [2.05, 4.69) is 17.1 Å². The fourth-order valence-corrected chi connectivity index (χ4v) is 3.12. The summed E-state index contributed by atoms with van der Waals surface area (Å²) in [4.78, 5) is 14.1. The normalized spacial score (nSPS) is 19.0. The Morgan fingerprint density at radius 3 is 2.50 bits per heavy atom. The van der Waals surface area contributed by atoms with Crippen LogP contribution < -0.4 is 11.1 Å². The zero-order valence-electron chi connectivity index (χ0n) is 14.9. The van der Waals surface area contributed by atoms with Crippen LogP contribution in [0.1, 0.15) is 59.8 Å². The second kappa shape index (κ2) is 9.36. The first-order valence-electron chi connectivity index (χ1n) is 8.76. The summed E-state index contributed by atoms with van der Waals surface area (Å²) in [5.41, 5.74) is 5.48. The van der Waals surface area contributed by atoms with Crippen LogP contribution in [0.3, 0.4) is 0 Å². The first-order valence-corrected chi connectivity index (χ1v) is 8.76. The highest BCUT2D eigenvalue weighted by Gasteiger charge is 2.24. The number of hydrogen-bond donors (Lipinski definition) is 2. The van der Waals surface area contributed by atoms with Crippen molar-refractivity contribution < 1.29 is 9.53 Å². The first-order chi connectivity index (χ1) is 10.4. The van der Waals surface area contributed by atoms with Crippen molar-refractivity contribution in [2.75, 3.05) is 26.2 Å². The van der Waals surface area contributed by atoms with Crippen LogP contribution in [0, 0.1) is 5.92 Å². The largest absolute Gasteiger partial charge is 0.444 e. The van der Waals surface area contributed by atoms with Crippen LogP contribution in [0.15, 0.2) is 0 Å². The van der Waals surface area contributed by atoms with Gasteiger partial charge in [-0.15, -0.1) is 0 Å². The lowest BCUT2D eigenvalue weighted by Gasteiger charge is -2.37. The minimum Gasteiger partial charge on any atom is -0.444 e. The summed E-state index contributed by atoms with van der Waals surface area (Å²) in [5, 5.41) is 2.83. The van der Waals surface area contributed by atoms with Crippen molar-refractivity contribution in [1.82, 2.24) is 10.2 Å². The molecule has 1 atom stereocenters. The van der Waals surface area contributed by atoms with Gasteiger partial charge in [0.1, 0.15) is 5.60 Å². The lowest BCUT2D eigenvalue weighted by molar-refractivity contribution is 0.0519. The number of ether oxygens (including phenoxy) is 1. The van der Waals surface area contributed by atoms with Gasteiger partial charge >= 0.3 is 6.09 Å². The average Bonchev–Trinajstić information content (AvgIpc) is 2.43. The Bertz CT molecular complexity index is 320. The van der Waals surface area contributed by atoms with Crippen LogP contribution in [0.2, 0.25) is 0 Å². The number of likely N-dealkylation sites (tertiary alicyclic amines) is 1. The Hall–Kier alpha value is -0.810. The Balaban J connectivity index is 2.27. The molecule has 1 amide bonds. The van der Waals surface area contributed by atoms with Crippen molar-refractivity contribution in [1.29, 1.82) is 0 Å². The van der Waals surface area contributed by atoms with E-state index >= 15 is 0 Å². The molecule has 0 aliphatic carbocycles. The minimum atomic E-state index is -0.446. The predicted molar refractivity (Wildman–Crippen MR) is 90.9 cm³/mol. The number of hydrogen-bond acceptors (Lipinski definition) is 4. The van der Waals surface area contributed by atoms with Crippen LogP contribution in [-0.2, 0) is 4.74 Å². The number of nitrogens with zero attached hydrogens (tertiary/aromatic N) is 1. The summed E-state index contributed by atoms with van der Waals surface area (Å²) in [6.07, 6.45) is 5.73. The maximum Gasteiger partial charge on any atom is 0.407 e. The van der Waals surface area contributed by atoms with Crippen molar-refractivity contribution >= 4 is 6.09 Å². The summed E-state index contributed by atoms with van der Waals surface area (Å²) >= 11 is 0. The van der Waals surface area contributed by atoms with E-state index in [0.717, 1.165) is 25.4 Å². The van der Waals surface area contributed by atoms with E-state index in [9.17, 15) is 4.79 Å². The summed E-state index contributed by atoms with van der Waals surface area (Å²) in [6.45, 7) is 11.4. The molecule has 0 saturated carbocycles. The van der Waals surface area contributed by atoms with Crippen LogP contribution >= 0.6 is 0 Å². The van der Waals surface area contributed by atoms with Crippen LogP contribution in [0.25, 0.3) is 0 Å². The number of carbonyl (C=O) groups is 1. The summed E-state index contributed by atoms with van der Waals surface area (Å²) in [7, 11) is 0. The lowest BCUT2D eigenvalue weighted by Crippen LogP contribution is -2.46. The number of amides is 1. The highest BCUT2D eigenvalue weighted by molar-refractivity contribution is 5.67. The van der Waals surface area contributed by atoms with Crippen molar-refractivity contribution in [3.63, 3.8) is 0 Å². The Labute approximate surface area is 135 Å². The zero-order chi connectivity index (χ0) is 16.6. The van der Waals surface area contributed by atoms with Crippen LogP contribution in [0.5, 0.6) is 0 Å². The van der Waals surface area contributed by atoms with Gasteiger partial charge < -0.3 is 15.8 Å². The average molecular weight is 313 g/mol. The molecule has 1 rings (SSSR count). The third-order valence-electron chi connectivity index (χ3n) is 4.28. The van der Waals surface area contributed by atoms with Gasteiger partial charge in [-0.25, -0.2) is 4.79 Å². The summed E-state index contributed by atoms with van der Waals surface area (Å²) < 4.78 is 5.24. The Morgan fingerprint density at radius 1 is 1.36 bits per heavy atom. The van der Waals surface area contributed by atoms with E-state index in [1.54, 1.807) is 0 Å². The summed E-state index contributed by atoms with van der Waals surface area (Å²) in [5.74, 6) is 0.888. The number of alkyl carbamates (subject to hydrolysis) is 1. The van der Waals surface area contributed by atoms with Gasteiger partial charge in [-0.2, -0.15) is 0 Å². The van der Waals surface area contributed by atoms with Crippen molar-refractivity contribution in [3.05, 3.63) is 0 Å². The second-order valence-corrected chi connectivity index (χ2v) is 7.37. The molecule has 1 aliphatic rings. The molecule has 0 aromatic carbocycles. The van der Waals surface area contributed by atoms with Gasteiger partial charge in [-0.3, -0.25) is 4.90 Å². The molecule has 1 aliphatic heterocycles. The molecule has 5 nitrogen and oxygen atoms in total. The van der Waals surface area contributed by atoms with E-state index < -0.39 is 5.60 Å². The van der Waals surface area contributed by atoms with E-state index in [4.69, 9.17) is 10.5 Å². The van der Waals surface area contributed by atoms with Gasteiger partial charge in [0.2, 0.25) is 0 Å². The van der Waals surface area contributed by atoms with Gasteiger partial charge in [0.25, 0.3) is 0 Å². The maximum absolute atomic E-state index is 11.6. The summed E-state index contributed by atoms with van der Waals surface area (Å²) in [6, 6.07) is 0.359. The number of piperidine rings is 1. The topological polar surface area (TPSA) is 67.6 Å². The fraction of sp³-hybridized carbons (Fsp3) is 0.941. The first kappa shape index (κ1) is 19.2. The van der Waals surface area contributed by atoms with Crippen LogP contribution in [0.4, 0.5) is 4.79 Å². The monoisotopic (exact) mass is 313 g/mol. The molecule has 22 heavy (non-hydrogen) atoms. The lowest BCUT2D eigenvalue weighted by atomic mass is 9.91. The molecule has 0 spiro atoms. The molecule has 0 aromatic heterocycles. The quantitative estimate of drug-likeness (QED) is 0.758. The van der Waals surface area contributed by atoms with Crippen molar-refractivity contribution in [3.8, 4) is 0 Å². The molecule has 130 valence electrons. The van der Waals surface area contributed by atoms with E-state index in [1.807, 2.05) is 20.8 Å². The fourth-order valence-electron chi connectivity index (χ4n) is 3.12. The highest BCUT2D eigenvalue weighted by atomic mass is 16.6. The van der Waals surface area contributed by atoms with Crippen molar-refractivity contribution in [2.45, 2.75) is 71.4 Å². The second-order valence-electron chi connectivity index (χ2n) is 7.37. The third-order valence-corrected chi connectivity index (χ3v) is 4.28. The highest BCUT2D eigenvalue weighted by Crippen LogP contribution is 2.23. The van der Waals surface area contributed by atoms with Gasteiger partial charge in [0.05, 0.1) is 0 Å². The smallest absolute Gasteiger partial charge is 0.407 e. The molecule has 3 N–H and O–H groups in total. The molecule has 1 unspecified atom stereocenters. The van der Waals surface area contributed by atoms with Gasteiger partial charge in [-0.05, 0) is 59.0 Å². The molecular formula is C17H35N3O2. The molecular weight excluding hydrogens is 278 g/mol. The molecule has 0 aromatic rings. The predicted octanol–water partition coefficient (Wildman–Crippen LogP) is 2.74. The third kappa shape index (κ3) is 7.45. The molecule has 0 bridgehead atoms. The number of nitrogens with two attached hydrogens (primary N) is 1. The van der Waals surface area contributed by atoms with E-state index in [0.29, 0.717) is 19.1 Å². The SMILES string of the molecule is CCCC1CCN(C(CN)CCNC(=O)OC(C)(C)C)CC1. The number of rotatable bonds is 7. The molecule has 0 radical (unpaired) electrons. The maximum atomic E-state index is 11.6. The minimum absolute atomic E-state index is 0.343. The molecule has 1 heterocycles. The molecule has 1 saturated heterocycles. The van der Waals surface area contributed by atoms with E-state index in [1.165, 1.54) is 25.7 Å². The van der Waals surface area contributed by atoms with Crippen molar-refractivity contribution in [2.24, 2.45) is 11.7 Å². The standard InChI is InChI=1S/C17H35N3O2/c1-5-6-14-8-11-20(12-9-14)15(13-18)7-10-19-16(21)22-17(2,3)4/h14-15H,5-13,18H2,1-4H3,(H,19,21). The van der Waals surface area contributed by atoms with E-state index in [-0.39, 0.29) is 6.09 Å². The number of nitrogens with one attached hydrogen (secondary N) is 1. The zero-order valence-corrected chi connectivity index (χ0v) is 14.9. The van der Waals surface area contributed by atoms with Gasteiger partial charge in [0, 0.05) is 19.1 Å².